The highest BCUT2D eigenvalue weighted by atomic mass is 15.4. The molecular formula is C9H16N4. The molecule has 0 fully saturated rings. The molecule has 1 aliphatic heterocycles. The van der Waals surface area contributed by atoms with Gasteiger partial charge >= 0.3 is 0 Å². The zero-order valence-corrected chi connectivity index (χ0v) is 8.49. The van der Waals surface area contributed by atoms with Crippen molar-refractivity contribution in [1.82, 2.24) is 14.8 Å². The zero-order chi connectivity index (χ0) is 9.42. The van der Waals surface area contributed by atoms with Crippen molar-refractivity contribution in [2.45, 2.75) is 39.8 Å². The zero-order valence-electron chi connectivity index (χ0n) is 8.49. The monoisotopic (exact) mass is 180 g/mol. The van der Waals surface area contributed by atoms with Gasteiger partial charge in [-0.05, 0) is 27.2 Å². The highest BCUT2D eigenvalue weighted by Crippen LogP contribution is 2.21. The van der Waals surface area contributed by atoms with Crippen molar-refractivity contribution < 1.29 is 0 Å². The Bertz CT molecular complexity index is 303. The molecule has 2 heterocycles. The van der Waals surface area contributed by atoms with E-state index in [2.05, 4.69) is 33.5 Å². The number of fused-ring (bicyclic) bond motifs is 1. The van der Waals surface area contributed by atoms with Gasteiger partial charge in [0.1, 0.15) is 5.82 Å². The molecule has 1 aromatic rings. The molecule has 0 bridgehead atoms. The molecule has 1 aromatic heterocycles. The van der Waals surface area contributed by atoms with Crippen LogP contribution in [-0.2, 0) is 6.54 Å². The van der Waals surface area contributed by atoms with Gasteiger partial charge in [-0.1, -0.05) is 0 Å². The normalized spacial score (nSPS) is 16.5. The van der Waals surface area contributed by atoms with Gasteiger partial charge in [0, 0.05) is 19.1 Å². The molecule has 2 rings (SSSR count). The van der Waals surface area contributed by atoms with Gasteiger partial charge in [-0.15, -0.1) is 10.2 Å². The summed E-state index contributed by atoms with van der Waals surface area (Å²) in [4.78, 5) is 2.31. The quantitative estimate of drug-likeness (QED) is 0.651. The molecule has 0 aromatic carbocycles. The Balaban J connectivity index is 2.38. The lowest BCUT2D eigenvalue weighted by atomic mass is 10.2. The van der Waals surface area contributed by atoms with Crippen molar-refractivity contribution >= 4 is 5.95 Å². The number of hydrogen-bond acceptors (Lipinski definition) is 3. The standard InChI is InChI=1S/C9H16N4/c1-7(2)12-5-4-6-13-8(3)10-11-9(12)13/h7H,4-6H2,1-3H3. The summed E-state index contributed by atoms with van der Waals surface area (Å²) in [5.41, 5.74) is 0. The Morgan fingerprint density at radius 1 is 1.23 bits per heavy atom. The van der Waals surface area contributed by atoms with Crippen LogP contribution in [0.4, 0.5) is 5.95 Å². The predicted molar refractivity (Wildman–Crippen MR) is 51.9 cm³/mol. The van der Waals surface area contributed by atoms with Crippen LogP contribution in [0.2, 0.25) is 0 Å². The molecule has 0 aliphatic carbocycles. The summed E-state index contributed by atoms with van der Waals surface area (Å²) in [7, 11) is 0. The topological polar surface area (TPSA) is 34.0 Å². The second-order valence-electron chi connectivity index (χ2n) is 3.84. The number of nitrogens with zero attached hydrogens (tertiary/aromatic N) is 4. The molecule has 0 saturated heterocycles. The Hall–Kier alpha value is -1.06. The van der Waals surface area contributed by atoms with Crippen LogP contribution in [-0.4, -0.2) is 27.4 Å². The fourth-order valence-electron chi connectivity index (χ4n) is 1.83. The molecule has 0 unspecified atom stereocenters. The summed E-state index contributed by atoms with van der Waals surface area (Å²) in [6.07, 6.45) is 1.20. The largest absolute Gasteiger partial charge is 0.338 e. The molecule has 4 nitrogen and oxygen atoms in total. The minimum Gasteiger partial charge on any atom is -0.338 e. The van der Waals surface area contributed by atoms with E-state index in [0.29, 0.717) is 6.04 Å². The summed E-state index contributed by atoms with van der Waals surface area (Å²) in [5.74, 6) is 2.07. The van der Waals surface area contributed by atoms with Gasteiger partial charge in [-0.3, -0.25) is 4.57 Å². The number of aromatic nitrogens is 3. The van der Waals surface area contributed by atoms with Gasteiger partial charge in [0.25, 0.3) is 0 Å². The van der Waals surface area contributed by atoms with Crippen LogP contribution in [0.15, 0.2) is 0 Å². The van der Waals surface area contributed by atoms with Gasteiger partial charge in [0.15, 0.2) is 0 Å². The summed E-state index contributed by atoms with van der Waals surface area (Å²) >= 11 is 0. The van der Waals surface area contributed by atoms with Crippen molar-refractivity contribution in [1.29, 1.82) is 0 Å². The first-order valence-electron chi connectivity index (χ1n) is 4.86. The molecule has 4 heteroatoms. The lowest BCUT2D eigenvalue weighted by Crippen LogP contribution is -2.37. The maximum absolute atomic E-state index is 4.20. The molecule has 1 aliphatic rings. The maximum Gasteiger partial charge on any atom is 0.227 e. The van der Waals surface area contributed by atoms with Crippen molar-refractivity contribution in [3.05, 3.63) is 5.82 Å². The molecule has 72 valence electrons. The van der Waals surface area contributed by atoms with Gasteiger partial charge in [-0.25, -0.2) is 0 Å². The summed E-state index contributed by atoms with van der Waals surface area (Å²) in [5, 5.41) is 8.30. The van der Waals surface area contributed by atoms with E-state index in [0.717, 1.165) is 24.9 Å². The minimum atomic E-state index is 0.516. The van der Waals surface area contributed by atoms with Crippen LogP contribution in [0, 0.1) is 6.92 Å². The van der Waals surface area contributed by atoms with Crippen molar-refractivity contribution in [2.75, 3.05) is 11.4 Å². The van der Waals surface area contributed by atoms with Crippen molar-refractivity contribution in [2.24, 2.45) is 0 Å². The minimum absolute atomic E-state index is 0.516. The Morgan fingerprint density at radius 3 is 2.69 bits per heavy atom. The van der Waals surface area contributed by atoms with E-state index in [9.17, 15) is 0 Å². The average Bonchev–Trinajstić information content (AvgIpc) is 2.48. The van der Waals surface area contributed by atoms with E-state index in [-0.39, 0.29) is 0 Å². The Labute approximate surface area is 78.6 Å². The van der Waals surface area contributed by atoms with Crippen LogP contribution < -0.4 is 4.90 Å². The molecule has 0 saturated carbocycles. The third-order valence-corrected chi connectivity index (χ3v) is 2.58. The van der Waals surface area contributed by atoms with Gasteiger partial charge < -0.3 is 4.90 Å². The van der Waals surface area contributed by atoms with Crippen LogP contribution in [0.1, 0.15) is 26.1 Å². The van der Waals surface area contributed by atoms with Crippen LogP contribution in [0.25, 0.3) is 0 Å². The van der Waals surface area contributed by atoms with E-state index in [4.69, 9.17) is 0 Å². The first kappa shape index (κ1) is 8.53. The molecule has 0 radical (unpaired) electrons. The number of anilines is 1. The number of rotatable bonds is 1. The Morgan fingerprint density at radius 2 is 2.00 bits per heavy atom. The number of hydrogen-bond donors (Lipinski definition) is 0. The van der Waals surface area contributed by atoms with Gasteiger partial charge in [0.2, 0.25) is 5.95 Å². The third-order valence-electron chi connectivity index (χ3n) is 2.58. The molecule has 0 atom stereocenters. The SMILES string of the molecule is Cc1nnc2n1CCCN2C(C)C. The van der Waals surface area contributed by atoms with E-state index < -0.39 is 0 Å². The molecule has 0 amide bonds. The molecule has 0 N–H and O–H groups in total. The maximum atomic E-state index is 4.20. The van der Waals surface area contributed by atoms with Crippen LogP contribution >= 0.6 is 0 Å². The van der Waals surface area contributed by atoms with E-state index in [1.54, 1.807) is 0 Å². The van der Waals surface area contributed by atoms with E-state index in [1.807, 2.05) is 6.92 Å². The van der Waals surface area contributed by atoms with Gasteiger partial charge in [0.05, 0.1) is 0 Å². The first-order chi connectivity index (χ1) is 6.20. The fourth-order valence-corrected chi connectivity index (χ4v) is 1.83. The average molecular weight is 180 g/mol. The number of aryl methyl sites for hydroxylation is 1. The molecule has 0 spiro atoms. The Kier molecular flexibility index (Phi) is 1.98. The highest BCUT2D eigenvalue weighted by molar-refractivity contribution is 5.33. The summed E-state index contributed by atoms with van der Waals surface area (Å²) in [6, 6.07) is 0.516. The smallest absolute Gasteiger partial charge is 0.227 e. The van der Waals surface area contributed by atoms with Crippen molar-refractivity contribution in [3.63, 3.8) is 0 Å². The summed E-state index contributed by atoms with van der Waals surface area (Å²) < 4.78 is 2.20. The lowest BCUT2D eigenvalue weighted by Gasteiger charge is -2.31. The second-order valence-corrected chi connectivity index (χ2v) is 3.84. The first-order valence-corrected chi connectivity index (χ1v) is 4.86. The van der Waals surface area contributed by atoms with Gasteiger partial charge in [-0.2, -0.15) is 0 Å². The van der Waals surface area contributed by atoms with E-state index >= 15 is 0 Å². The predicted octanol–water partition coefficient (Wildman–Crippen LogP) is 1.21. The highest BCUT2D eigenvalue weighted by Gasteiger charge is 2.22. The van der Waals surface area contributed by atoms with E-state index in [1.165, 1.54) is 6.42 Å². The molecular weight excluding hydrogens is 164 g/mol. The fraction of sp³-hybridized carbons (Fsp3) is 0.778. The van der Waals surface area contributed by atoms with Crippen LogP contribution in [0.3, 0.4) is 0 Å². The lowest BCUT2D eigenvalue weighted by molar-refractivity contribution is 0.518. The van der Waals surface area contributed by atoms with Crippen molar-refractivity contribution in [3.8, 4) is 0 Å². The third kappa shape index (κ3) is 1.30. The molecule has 13 heavy (non-hydrogen) atoms. The summed E-state index contributed by atoms with van der Waals surface area (Å²) in [6.45, 7) is 8.58. The second kappa shape index (κ2) is 3.01. The van der Waals surface area contributed by atoms with Crippen LogP contribution in [0.5, 0.6) is 0 Å².